The average Bonchev–Trinajstić information content (AvgIpc) is 3.26. The van der Waals surface area contributed by atoms with Crippen molar-refractivity contribution in [3.8, 4) is 22.0 Å². The first-order valence-corrected chi connectivity index (χ1v) is 9.11. The fourth-order valence-corrected chi connectivity index (χ4v) is 4.01. The molecule has 1 aromatic carbocycles. The molecule has 1 aliphatic carbocycles. The first-order valence-electron chi connectivity index (χ1n) is 8.29. The Labute approximate surface area is 148 Å². The zero-order valence-corrected chi connectivity index (χ0v) is 14.6. The molecule has 130 valence electrons. The molecule has 2 aromatic heterocycles. The van der Waals surface area contributed by atoms with Gasteiger partial charge in [0.1, 0.15) is 5.01 Å². The molecular formula is C16H19N7OS. The van der Waals surface area contributed by atoms with E-state index in [1.165, 1.54) is 0 Å². The largest absolute Gasteiger partial charge is 0.393 e. The number of nitrogens with zero attached hydrogens (tertiary/aromatic N) is 6. The second kappa shape index (κ2) is 6.85. The Morgan fingerprint density at radius 2 is 2.04 bits per heavy atom. The van der Waals surface area contributed by atoms with E-state index in [2.05, 4.69) is 25.7 Å². The van der Waals surface area contributed by atoms with E-state index < -0.39 is 0 Å². The molecule has 25 heavy (non-hydrogen) atoms. The lowest BCUT2D eigenvalue weighted by Crippen LogP contribution is -2.25. The highest BCUT2D eigenvalue weighted by atomic mass is 32.1. The van der Waals surface area contributed by atoms with Crippen molar-refractivity contribution in [2.24, 2.45) is 12.0 Å². The first kappa shape index (κ1) is 16.1. The van der Waals surface area contributed by atoms with Gasteiger partial charge in [-0.1, -0.05) is 35.6 Å². The van der Waals surface area contributed by atoms with Crippen LogP contribution < -0.4 is 4.80 Å². The molecular weight excluding hydrogens is 338 g/mol. The molecule has 2 atom stereocenters. The molecule has 2 unspecified atom stereocenters. The fourth-order valence-electron chi connectivity index (χ4n) is 3.04. The van der Waals surface area contributed by atoms with Crippen LogP contribution >= 0.6 is 11.3 Å². The number of nitrogens with one attached hydrogen (secondary N) is 1. The Balaban J connectivity index is 1.59. The molecule has 1 aliphatic rings. The minimum Gasteiger partial charge on any atom is -0.393 e. The Kier molecular flexibility index (Phi) is 4.41. The van der Waals surface area contributed by atoms with Crippen molar-refractivity contribution in [1.29, 1.82) is 0 Å². The van der Waals surface area contributed by atoms with Crippen LogP contribution in [-0.2, 0) is 7.05 Å². The van der Waals surface area contributed by atoms with E-state index in [0.29, 0.717) is 5.82 Å². The van der Waals surface area contributed by atoms with Crippen LogP contribution in [0.1, 0.15) is 25.7 Å². The van der Waals surface area contributed by atoms with Crippen molar-refractivity contribution in [3.63, 3.8) is 0 Å². The molecule has 0 amide bonds. The van der Waals surface area contributed by atoms with Crippen LogP contribution in [0, 0.1) is 0 Å². The molecule has 9 heteroatoms. The highest BCUT2D eigenvalue weighted by Crippen LogP contribution is 2.24. The third kappa shape index (κ3) is 3.52. The van der Waals surface area contributed by atoms with Gasteiger partial charge in [0, 0.05) is 18.2 Å². The lowest BCUT2D eigenvalue weighted by molar-refractivity contribution is 0.120. The zero-order chi connectivity index (χ0) is 17.2. The number of H-pyrrole nitrogens is 1. The van der Waals surface area contributed by atoms with Gasteiger partial charge < -0.3 is 5.11 Å². The fraction of sp³-hybridized carbons (Fsp3) is 0.438. The number of hydrogen-bond acceptors (Lipinski definition) is 7. The SMILES string of the molecule is Cn1nc(-c2ccc(-c3nnn[nH]3)cc2)s/c1=N/C1CCCC(O)C1. The Morgan fingerprint density at radius 3 is 2.76 bits per heavy atom. The van der Waals surface area contributed by atoms with E-state index in [1.54, 1.807) is 11.3 Å². The number of aromatic nitrogens is 6. The summed E-state index contributed by atoms with van der Waals surface area (Å²) >= 11 is 1.57. The van der Waals surface area contributed by atoms with Crippen LogP contribution in [0.2, 0.25) is 0 Å². The summed E-state index contributed by atoms with van der Waals surface area (Å²) in [5.41, 5.74) is 1.96. The predicted octanol–water partition coefficient (Wildman–Crippen LogP) is 1.53. The summed E-state index contributed by atoms with van der Waals surface area (Å²) < 4.78 is 1.81. The molecule has 4 rings (SSSR count). The maximum atomic E-state index is 9.82. The van der Waals surface area contributed by atoms with Gasteiger partial charge in [0.05, 0.1) is 12.1 Å². The predicted molar refractivity (Wildman–Crippen MR) is 93.5 cm³/mol. The number of rotatable bonds is 3. The van der Waals surface area contributed by atoms with Crippen molar-refractivity contribution in [1.82, 2.24) is 30.4 Å². The van der Waals surface area contributed by atoms with E-state index >= 15 is 0 Å². The number of benzene rings is 1. The summed E-state index contributed by atoms with van der Waals surface area (Å²) in [6.07, 6.45) is 3.47. The molecule has 1 saturated carbocycles. The third-order valence-electron chi connectivity index (χ3n) is 4.37. The number of aromatic amines is 1. The number of aliphatic hydroxyl groups is 1. The molecule has 0 bridgehead atoms. The summed E-state index contributed by atoms with van der Waals surface area (Å²) in [6.45, 7) is 0. The van der Waals surface area contributed by atoms with Gasteiger partial charge in [-0.05, 0) is 36.1 Å². The second-order valence-corrected chi connectivity index (χ2v) is 7.20. The minimum atomic E-state index is -0.224. The quantitative estimate of drug-likeness (QED) is 0.740. The number of aryl methyl sites for hydroxylation is 1. The van der Waals surface area contributed by atoms with Gasteiger partial charge in [-0.2, -0.15) is 5.10 Å². The van der Waals surface area contributed by atoms with Crippen LogP contribution in [0.3, 0.4) is 0 Å². The monoisotopic (exact) mass is 357 g/mol. The highest BCUT2D eigenvalue weighted by molar-refractivity contribution is 7.12. The maximum absolute atomic E-state index is 9.82. The number of hydrogen-bond donors (Lipinski definition) is 2. The van der Waals surface area contributed by atoms with Crippen molar-refractivity contribution >= 4 is 11.3 Å². The van der Waals surface area contributed by atoms with Crippen molar-refractivity contribution in [2.45, 2.75) is 37.8 Å². The lowest BCUT2D eigenvalue weighted by Gasteiger charge is -2.22. The van der Waals surface area contributed by atoms with Gasteiger partial charge >= 0.3 is 0 Å². The zero-order valence-electron chi connectivity index (χ0n) is 13.8. The van der Waals surface area contributed by atoms with E-state index in [1.807, 2.05) is 36.0 Å². The Hall–Kier alpha value is -2.39. The molecule has 1 fully saturated rings. The molecule has 0 radical (unpaired) electrons. The van der Waals surface area contributed by atoms with Gasteiger partial charge in [-0.15, -0.1) is 5.10 Å². The van der Waals surface area contributed by atoms with Gasteiger partial charge in [0.2, 0.25) is 4.80 Å². The molecule has 0 spiro atoms. The van der Waals surface area contributed by atoms with E-state index in [9.17, 15) is 5.11 Å². The molecule has 3 aromatic rings. The van der Waals surface area contributed by atoms with Gasteiger partial charge in [-0.25, -0.2) is 9.78 Å². The minimum absolute atomic E-state index is 0.185. The Bertz CT molecular complexity index is 897. The summed E-state index contributed by atoms with van der Waals surface area (Å²) in [7, 11) is 1.91. The number of tetrazole rings is 1. The summed E-state index contributed by atoms with van der Waals surface area (Å²) in [4.78, 5) is 5.69. The smallest absolute Gasteiger partial charge is 0.203 e. The van der Waals surface area contributed by atoms with Crippen LogP contribution in [0.25, 0.3) is 22.0 Å². The summed E-state index contributed by atoms with van der Waals surface area (Å²) in [5.74, 6) is 0.641. The van der Waals surface area contributed by atoms with Crippen LogP contribution in [0.4, 0.5) is 0 Å². The van der Waals surface area contributed by atoms with Gasteiger partial charge in [0.15, 0.2) is 5.82 Å². The molecule has 2 heterocycles. The third-order valence-corrected chi connectivity index (χ3v) is 5.43. The van der Waals surface area contributed by atoms with Crippen LogP contribution in [0.5, 0.6) is 0 Å². The molecule has 0 saturated heterocycles. The average molecular weight is 357 g/mol. The molecule has 2 N–H and O–H groups in total. The summed E-state index contributed by atoms with van der Waals surface area (Å²) in [5, 5.41) is 29.2. The standard InChI is InChI=1S/C16H19N7OS/c1-23-16(17-12-3-2-4-13(24)9-12)25-15(20-23)11-7-5-10(6-8-11)14-18-21-22-19-14/h5-8,12-13,24H,2-4,9H2,1H3,(H,18,19,21,22)/b17-16+. The lowest BCUT2D eigenvalue weighted by atomic mass is 9.94. The Morgan fingerprint density at radius 1 is 1.24 bits per heavy atom. The summed E-state index contributed by atoms with van der Waals surface area (Å²) in [6, 6.07) is 8.13. The van der Waals surface area contributed by atoms with Crippen molar-refractivity contribution in [3.05, 3.63) is 29.1 Å². The second-order valence-electron chi connectivity index (χ2n) is 6.24. The molecule has 0 aliphatic heterocycles. The van der Waals surface area contributed by atoms with Crippen LogP contribution in [-0.4, -0.2) is 47.7 Å². The van der Waals surface area contributed by atoms with E-state index in [4.69, 9.17) is 4.99 Å². The maximum Gasteiger partial charge on any atom is 0.203 e. The van der Waals surface area contributed by atoms with Crippen LogP contribution in [0.15, 0.2) is 29.3 Å². The topological polar surface area (TPSA) is 105 Å². The van der Waals surface area contributed by atoms with Crippen molar-refractivity contribution in [2.75, 3.05) is 0 Å². The first-order chi connectivity index (χ1) is 12.2. The van der Waals surface area contributed by atoms with Gasteiger partial charge in [-0.3, -0.25) is 4.99 Å². The van der Waals surface area contributed by atoms with Crippen molar-refractivity contribution < 1.29 is 5.11 Å². The van der Waals surface area contributed by atoms with Gasteiger partial charge in [0.25, 0.3) is 0 Å². The van der Waals surface area contributed by atoms with E-state index in [0.717, 1.165) is 46.6 Å². The molecule has 8 nitrogen and oxygen atoms in total. The normalized spacial score (nSPS) is 21.6. The number of aliphatic hydroxyl groups excluding tert-OH is 1. The van der Waals surface area contributed by atoms with E-state index in [-0.39, 0.29) is 12.1 Å². The highest BCUT2D eigenvalue weighted by Gasteiger charge is 2.19.